The molecule has 122 valence electrons. The zero-order valence-electron chi connectivity index (χ0n) is 14.0. The number of nitrogens with one attached hydrogen (secondary N) is 1. The molecule has 2 rings (SSSR count). The Morgan fingerprint density at radius 3 is 2.59 bits per heavy atom. The first-order valence-corrected chi connectivity index (χ1v) is 8.18. The Labute approximate surface area is 133 Å². The highest BCUT2D eigenvalue weighted by molar-refractivity contribution is 5.81. The van der Waals surface area contributed by atoms with Gasteiger partial charge in [-0.1, -0.05) is 24.3 Å². The molecule has 0 aliphatic carbocycles. The molecule has 1 aliphatic rings. The third-order valence-corrected chi connectivity index (χ3v) is 4.88. The number of aliphatic hydroxyl groups is 1. The van der Waals surface area contributed by atoms with Crippen LogP contribution in [-0.4, -0.2) is 41.1 Å². The molecule has 0 spiro atoms. The zero-order chi connectivity index (χ0) is 16.3. The van der Waals surface area contributed by atoms with Crippen LogP contribution in [0.25, 0.3) is 0 Å². The fourth-order valence-electron chi connectivity index (χ4n) is 3.21. The van der Waals surface area contributed by atoms with E-state index in [2.05, 4.69) is 29.3 Å². The molecule has 4 nitrogen and oxygen atoms in total. The van der Waals surface area contributed by atoms with E-state index in [1.165, 1.54) is 5.56 Å². The van der Waals surface area contributed by atoms with E-state index >= 15 is 0 Å². The Hall–Kier alpha value is -1.39. The number of hydrogen-bond acceptors (Lipinski definition) is 3. The van der Waals surface area contributed by atoms with Gasteiger partial charge in [-0.25, -0.2) is 0 Å². The van der Waals surface area contributed by atoms with Crippen molar-refractivity contribution >= 4 is 5.91 Å². The number of aryl methyl sites for hydroxylation is 1. The molecule has 1 heterocycles. The SMILES string of the molecule is Cc1ccccc1C(C)NC(=O)C(C)N1CCC(C(C)O)C1. The standard InChI is InChI=1S/C18H28N2O2/c1-12-7-5-6-8-17(12)13(2)19-18(22)14(3)20-10-9-16(11-20)15(4)21/h5-8,13-16,21H,9-11H2,1-4H3,(H,19,22). The van der Waals surface area contributed by atoms with Crippen LogP contribution in [0.4, 0.5) is 0 Å². The van der Waals surface area contributed by atoms with Crippen LogP contribution < -0.4 is 5.32 Å². The van der Waals surface area contributed by atoms with Crippen molar-refractivity contribution in [3.63, 3.8) is 0 Å². The number of carbonyl (C=O) groups is 1. The van der Waals surface area contributed by atoms with Crippen molar-refractivity contribution in [2.75, 3.05) is 13.1 Å². The summed E-state index contributed by atoms with van der Waals surface area (Å²) < 4.78 is 0. The first kappa shape index (κ1) is 17.0. The lowest BCUT2D eigenvalue weighted by atomic mass is 10.0. The van der Waals surface area contributed by atoms with Crippen LogP contribution in [-0.2, 0) is 4.79 Å². The van der Waals surface area contributed by atoms with E-state index < -0.39 is 0 Å². The topological polar surface area (TPSA) is 52.6 Å². The van der Waals surface area contributed by atoms with Crippen molar-refractivity contribution in [2.24, 2.45) is 5.92 Å². The molecular formula is C18H28N2O2. The smallest absolute Gasteiger partial charge is 0.237 e. The normalized spacial score (nSPS) is 23.0. The highest BCUT2D eigenvalue weighted by Gasteiger charge is 2.32. The second-order valence-electron chi connectivity index (χ2n) is 6.55. The monoisotopic (exact) mass is 304 g/mol. The predicted octanol–water partition coefficient (Wildman–Crippen LogP) is 2.26. The fraction of sp³-hybridized carbons (Fsp3) is 0.611. The maximum Gasteiger partial charge on any atom is 0.237 e. The van der Waals surface area contributed by atoms with Crippen LogP contribution >= 0.6 is 0 Å². The van der Waals surface area contributed by atoms with Gasteiger partial charge in [-0.2, -0.15) is 0 Å². The Morgan fingerprint density at radius 2 is 2.00 bits per heavy atom. The highest BCUT2D eigenvalue weighted by Crippen LogP contribution is 2.22. The summed E-state index contributed by atoms with van der Waals surface area (Å²) in [5.41, 5.74) is 2.35. The molecule has 2 N–H and O–H groups in total. The molecule has 4 atom stereocenters. The van der Waals surface area contributed by atoms with Crippen LogP contribution in [0.3, 0.4) is 0 Å². The van der Waals surface area contributed by atoms with E-state index in [9.17, 15) is 9.90 Å². The van der Waals surface area contributed by atoms with Crippen LogP contribution in [0.1, 0.15) is 44.4 Å². The van der Waals surface area contributed by atoms with Crippen LogP contribution in [0.2, 0.25) is 0 Å². The van der Waals surface area contributed by atoms with E-state index in [4.69, 9.17) is 0 Å². The predicted molar refractivity (Wildman–Crippen MR) is 88.6 cm³/mol. The Morgan fingerprint density at radius 1 is 1.32 bits per heavy atom. The van der Waals surface area contributed by atoms with E-state index in [1.807, 2.05) is 32.9 Å². The van der Waals surface area contributed by atoms with Gasteiger partial charge in [0.1, 0.15) is 0 Å². The third-order valence-electron chi connectivity index (χ3n) is 4.88. The lowest BCUT2D eigenvalue weighted by Gasteiger charge is -2.26. The molecule has 1 aromatic rings. The number of nitrogens with zero attached hydrogens (tertiary/aromatic N) is 1. The minimum Gasteiger partial charge on any atom is -0.393 e. The molecule has 1 aromatic carbocycles. The summed E-state index contributed by atoms with van der Waals surface area (Å²) in [6.45, 7) is 9.54. The van der Waals surface area contributed by atoms with Crippen LogP contribution in [0.5, 0.6) is 0 Å². The van der Waals surface area contributed by atoms with Gasteiger partial charge >= 0.3 is 0 Å². The molecule has 0 bridgehead atoms. The number of carbonyl (C=O) groups excluding carboxylic acids is 1. The number of hydrogen-bond donors (Lipinski definition) is 2. The largest absolute Gasteiger partial charge is 0.393 e. The number of benzene rings is 1. The van der Waals surface area contributed by atoms with Crippen molar-refractivity contribution in [3.8, 4) is 0 Å². The molecule has 0 saturated carbocycles. The highest BCUT2D eigenvalue weighted by atomic mass is 16.3. The summed E-state index contributed by atoms with van der Waals surface area (Å²) >= 11 is 0. The van der Waals surface area contributed by atoms with Crippen LogP contribution in [0.15, 0.2) is 24.3 Å². The van der Waals surface area contributed by atoms with Crippen molar-refractivity contribution < 1.29 is 9.90 Å². The minimum atomic E-state index is -0.300. The zero-order valence-corrected chi connectivity index (χ0v) is 14.0. The first-order valence-electron chi connectivity index (χ1n) is 8.18. The number of aliphatic hydroxyl groups excluding tert-OH is 1. The molecule has 1 amide bonds. The molecule has 4 unspecified atom stereocenters. The summed E-state index contributed by atoms with van der Waals surface area (Å²) in [4.78, 5) is 14.7. The minimum absolute atomic E-state index is 0.00585. The Bertz CT molecular complexity index is 516. The summed E-state index contributed by atoms with van der Waals surface area (Å²) in [5.74, 6) is 0.339. The average Bonchev–Trinajstić information content (AvgIpc) is 2.96. The molecule has 1 fully saturated rings. The van der Waals surface area contributed by atoms with E-state index in [-0.39, 0.29) is 30.0 Å². The van der Waals surface area contributed by atoms with E-state index in [0.717, 1.165) is 25.1 Å². The molecule has 22 heavy (non-hydrogen) atoms. The lowest BCUT2D eigenvalue weighted by Crippen LogP contribution is -2.45. The molecule has 4 heteroatoms. The Kier molecular flexibility index (Phi) is 5.59. The van der Waals surface area contributed by atoms with Gasteiger partial charge in [-0.15, -0.1) is 0 Å². The van der Waals surface area contributed by atoms with Gasteiger partial charge in [0, 0.05) is 6.54 Å². The van der Waals surface area contributed by atoms with Crippen molar-refractivity contribution in [3.05, 3.63) is 35.4 Å². The maximum absolute atomic E-state index is 12.5. The van der Waals surface area contributed by atoms with Crippen molar-refractivity contribution in [1.29, 1.82) is 0 Å². The number of rotatable bonds is 5. The fourth-order valence-corrected chi connectivity index (χ4v) is 3.21. The second-order valence-corrected chi connectivity index (χ2v) is 6.55. The number of amides is 1. The third kappa shape index (κ3) is 3.87. The van der Waals surface area contributed by atoms with Crippen LogP contribution in [0, 0.1) is 12.8 Å². The summed E-state index contributed by atoms with van der Waals surface area (Å²) in [5, 5.41) is 12.8. The average molecular weight is 304 g/mol. The van der Waals surface area contributed by atoms with Gasteiger partial charge in [0.2, 0.25) is 5.91 Å². The van der Waals surface area contributed by atoms with Crippen molar-refractivity contribution in [1.82, 2.24) is 10.2 Å². The second kappa shape index (κ2) is 7.25. The number of likely N-dealkylation sites (tertiary alicyclic amines) is 1. The van der Waals surface area contributed by atoms with Gasteiger partial charge < -0.3 is 10.4 Å². The lowest BCUT2D eigenvalue weighted by molar-refractivity contribution is -0.126. The Balaban J connectivity index is 1.93. The van der Waals surface area contributed by atoms with Gasteiger partial charge in [0.05, 0.1) is 18.2 Å². The molecule has 0 aromatic heterocycles. The van der Waals surface area contributed by atoms with E-state index in [0.29, 0.717) is 0 Å². The summed E-state index contributed by atoms with van der Waals surface area (Å²) in [7, 11) is 0. The van der Waals surface area contributed by atoms with E-state index in [1.54, 1.807) is 0 Å². The van der Waals surface area contributed by atoms with Crippen molar-refractivity contribution in [2.45, 2.75) is 52.3 Å². The van der Waals surface area contributed by atoms with Gasteiger partial charge in [-0.05, 0) is 57.7 Å². The molecule has 1 saturated heterocycles. The molecular weight excluding hydrogens is 276 g/mol. The molecule has 1 aliphatic heterocycles. The summed E-state index contributed by atoms with van der Waals surface area (Å²) in [6, 6.07) is 7.99. The van der Waals surface area contributed by atoms with Gasteiger partial charge in [0.25, 0.3) is 0 Å². The molecule has 0 radical (unpaired) electrons. The summed E-state index contributed by atoms with van der Waals surface area (Å²) in [6.07, 6.45) is 0.661. The van der Waals surface area contributed by atoms with Gasteiger partial charge in [0.15, 0.2) is 0 Å². The maximum atomic E-state index is 12.5. The van der Waals surface area contributed by atoms with Gasteiger partial charge in [-0.3, -0.25) is 9.69 Å². The first-order chi connectivity index (χ1) is 10.4. The quantitative estimate of drug-likeness (QED) is 0.877.